The standard InChI is InChI=1S/C14H22N2O2S/c1-14(2,3)12-11(13(17)18-4)19-10(16-12)8-9-6-5-7-15-9/h9,15H,5-8H2,1-4H3. The van der Waals surface area contributed by atoms with E-state index in [1.807, 2.05) is 0 Å². The third-order valence-electron chi connectivity index (χ3n) is 3.34. The Morgan fingerprint density at radius 3 is 2.79 bits per heavy atom. The summed E-state index contributed by atoms with van der Waals surface area (Å²) in [5, 5.41) is 4.50. The topological polar surface area (TPSA) is 51.2 Å². The summed E-state index contributed by atoms with van der Waals surface area (Å²) in [6, 6.07) is 0.504. The molecule has 0 aromatic carbocycles. The van der Waals surface area contributed by atoms with Gasteiger partial charge in [0.25, 0.3) is 0 Å². The Kier molecular flexibility index (Phi) is 4.26. The number of nitrogens with one attached hydrogen (secondary N) is 1. The van der Waals surface area contributed by atoms with E-state index in [0.717, 1.165) is 23.7 Å². The molecule has 1 saturated heterocycles. The summed E-state index contributed by atoms with van der Waals surface area (Å²) < 4.78 is 4.87. The SMILES string of the molecule is COC(=O)c1sc(CC2CCCN2)nc1C(C)(C)C. The summed E-state index contributed by atoms with van der Waals surface area (Å²) in [4.78, 5) is 17.2. The Bertz CT molecular complexity index is 457. The van der Waals surface area contributed by atoms with Gasteiger partial charge in [-0.25, -0.2) is 9.78 Å². The molecule has 5 heteroatoms. The molecule has 1 unspecified atom stereocenters. The van der Waals surface area contributed by atoms with Crippen molar-refractivity contribution < 1.29 is 9.53 Å². The summed E-state index contributed by atoms with van der Waals surface area (Å²) in [7, 11) is 1.42. The number of thiazole rings is 1. The minimum Gasteiger partial charge on any atom is -0.465 e. The van der Waals surface area contributed by atoms with E-state index in [1.165, 1.54) is 31.3 Å². The number of aromatic nitrogens is 1. The first-order valence-corrected chi connectivity index (χ1v) is 7.55. The van der Waals surface area contributed by atoms with Gasteiger partial charge in [0.15, 0.2) is 0 Å². The van der Waals surface area contributed by atoms with Crippen molar-refractivity contribution in [1.82, 2.24) is 10.3 Å². The van der Waals surface area contributed by atoms with Crippen LogP contribution in [0.2, 0.25) is 0 Å². The largest absolute Gasteiger partial charge is 0.465 e. The predicted octanol–water partition coefficient (Wildman–Crippen LogP) is 2.52. The highest BCUT2D eigenvalue weighted by molar-refractivity contribution is 7.13. The maximum absolute atomic E-state index is 11.9. The fraction of sp³-hybridized carbons (Fsp3) is 0.714. The molecule has 0 saturated carbocycles. The molecule has 1 N–H and O–H groups in total. The quantitative estimate of drug-likeness (QED) is 0.866. The molecule has 0 bridgehead atoms. The second-order valence-corrected chi connectivity index (χ2v) is 7.11. The lowest BCUT2D eigenvalue weighted by atomic mass is 9.91. The van der Waals surface area contributed by atoms with Crippen molar-refractivity contribution in [3.05, 3.63) is 15.6 Å². The molecule has 1 aromatic rings. The van der Waals surface area contributed by atoms with Gasteiger partial charge in [-0.15, -0.1) is 11.3 Å². The van der Waals surface area contributed by atoms with Crippen LogP contribution in [0.1, 0.15) is 54.0 Å². The molecule has 4 nitrogen and oxygen atoms in total. The summed E-state index contributed by atoms with van der Waals surface area (Å²) in [5.41, 5.74) is 0.721. The average Bonchev–Trinajstić information content (AvgIpc) is 2.97. The maximum Gasteiger partial charge on any atom is 0.350 e. The van der Waals surface area contributed by atoms with E-state index in [2.05, 4.69) is 26.1 Å². The van der Waals surface area contributed by atoms with Gasteiger partial charge in [0.05, 0.1) is 17.8 Å². The second kappa shape index (κ2) is 5.59. The van der Waals surface area contributed by atoms with E-state index >= 15 is 0 Å². The smallest absolute Gasteiger partial charge is 0.350 e. The first kappa shape index (κ1) is 14.5. The van der Waals surface area contributed by atoms with Gasteiger partial charge in [0.2, 0.25) is 0 Å². The second-order valence-electron chi connectivity index (χ2n) is 6.02. The van der Waals surface area contributed by atoms with Gasteiger partial charge in [0.1, 0.15) is 4.88 Å². The van der Waals surface area contributed by atoms with Crippen LogP contribution in [0.5, 0.6) is 0 Å². The van der Waals surface area contributed by atoms with Gasteiger partial charge in [-0.3, -0.25) is 0 Å². The number of nitrogens with zero attached hydrogens (tertiary/aromatic N) is 1. The van der Waals surface area contributed by atoms with Gasteiger partial charge >= 0.3 is 5.97 Å². The van der Waals surface area contributed by atoms with Crippen LogP contribution in [0.25, 0.3) is 0 Å². The molecule has 106 valence electrons. The number of carbonyl (C=O) groups is 1. The zero-order valence-electron chi connectivity index (χ0n) is 12.1. The molecule has 2 heterocycles. The van der Waals surface area contributed by atoms with E-state index in [9.17, 15) is 4.79 Å². The summed E-state index contributed by atoms with van der Waals surface area (Å²) in [6.45, 7) is 7.32. The number of hydrogen-bond acceptors (Lipinski definition) is 5. The average molecular weight is 282 g/mol. The molecule has 1 aliphatic rings. The van der Waals surface area contributed by atoms with Crippen LogP contribution in [-0.2, 0) is 16.6 Å². The van der Waals surface area contributed by atoms with Crippen molar-refractivity contribution in [3.8, 4) is 0 Å². The number of hydrogen-bond donors (Lipinski definition) is 1. The molecule has 19 heavy (non-hydrogen) atoms. The van der Waals surface area contributed by atoms with Gasteiger partial charge in [-0.05, 0) is 19.4 Å². The van der Waals surface area contributed by atoms with Gasteiger partial charge in [-0.1, -0.05) is 20.8 Å². The van der Waals surface area contributed by atoms with Crippen LogP contribution in [0.3, 0.4) is 0 Å². The van der Waals surface area contributed by atoms with Crippen molar-refractivity contribution in [3.63, 3.8) is 0 Å². The molecule has 0 amide bonds. The first-order chi connectivity index (χ1) is 8.91. The molecule has 1 fully saturated rings. The number of ether oxygens (including phenoxy) is 1. The van der Waals surface area contributed by atoms with Gasteiger partial charge in [0, 0.05) is 17.9 Å². The van der Waals surface area contributed by atoms with E-state index in [4.69, 9.17) is 9.72 Å². The molecule has 0 aliphatic carbocycles. The van der Waals surface area contributed by atoms with Gasteiger partial charge in [-0.2, -0.15) is 0 Å². The van der Waals surface area contributed by atoms with E-state index in [1.54, 1.807) is 0 Å². The van der Waals surface area contributed by atoms with Gasteiger partial charge < -0.3 is 10.1 Å². The highest BCUT2D eigenvalue weighted by Crippen LogP contribution is 2.31. The monoisotopic (exact) mass is 282 g/mol. The van der Waals surface area contributed by atoms with Crippen molar-refractivity contribution in [2.75, 3.05) is 13.7 Å². The van der Waals surface area contributed by atoms with E-state index < -0.39 is 0 Å². The maximum atomic E-state index is 11.9. The summed E-state index contributed by atoms with van der Waals surface area (Å²) in [5.74, 6) is -0.270. The summed E-state index contributed by atoms with van der Waals surface area (Å²) in [6.07, 6.45) is 3.33. The van der Waals surface area contributed by atoms with Crippen molar-refractivity contribution in [2.45, 2.75) is 51.5 Å². The minimum atomic E-state index is -0.270. The van der Waals surface area contributed by atoms with Crippen LogP contribution in [-0.4, -0.2) is 30.6 Å². The Labute approximate surface area is 118 Å². The molecule has 0 radical (unpaired) electrons. The first-order valence-electron chi connectivity index (χ1n) is 6.73. The molecular weight excluding hydrogens is 260 g/mol. The highest BCUT2D eigenvalue weighted by atomic mass is 32.1. The zero-order valence-corrected chi connectivity index (χ0v) is 12.9. The number of esters is 1. The lowest BCUT2D eigenvalue weighted by Crippen LogP contribution is -2.23. The number of methoxy groups -OCH3 is 1. The van der Waals surface area contributed by atoms with Crippen LogP contribution in [0, 0.1) is 0 Å². The molecule has 1 atom stereocenters. The third kappa shape index (κ3) is 3.34. The molecule has 1 aromatic heterocycles. The fourth-order valence-electron chi connectivity index (χ4n) is 2.33. The predicted molar refractivity (Wildman–Crippen MR) is 76.9 cm³/mol. The molecule has 0 spiro atoms. The van der Waals surface area contributed by atoms with Crippen molar-refractivity contribution in [1.29, 1.82) is 0 Å². The van der Waals surface area contributed by atoms with Crippen molar-refractivity contribution in [2.24, 2.45) is 0 Å². The van der Waals surface area contributed by atoms with E-state index in [0.29, 0.717) is 10.9 Å². The summed E-state index contributed by atoms with van der Waals surface area (Å²) >= 11 is 1.48. The normalized spacial score (nSPS) is 19.7. The van der Waals surface area contributed by atoms with Crippen LogP contribution in [0.4, 0.5) is 0 Å². The minimum absolute atomic E-state index is 0.138. The van der Waals surface area contributed by atoms with Crippen LogP contribution < -0.4 is 5.32 Å². The Hall–Kier alpha value is -0.940. The third-order valence-corrected chi connectivity index (χ3v) is 4.39. The Morgan fingerprint density at radius 2 is 2.26 bits per heavy atom. The molecular formula is C14H22N2O2S. The number of carbonyl (C=O) groups excluding carboxylic acids is 1. The molecule has 1 aliphatic heterocycles. The highest BCUT2D eigenvalue weighted by Gasteiger charge is 2.28. The lowest BCUT2D eigenvalue weighted by molar-refractivity contribution is 0.0603. The fourth-order valence-corrected chi connectivity index (χ4v) is 3.61. The van der Waals surface area contributed by atoms with Crippen LogP contribution >= 0.6 is 11.3 Å². The molecule has 2 rings (SSSR count). The Morgan fingerprint density at radius 1 is 1.53 bits per heavy atom. The Balaban J connectivity index is 2.26. The van der Waals surface area contributed by atoms with Crippen LogP contribution in [0.15, 0.2) is 0 Å². The zero-order chi connectivity index (χ0) is 14.0. The number of rotatable bonds is 3. The lowest BCUT2D eigenvalue weighted by Gasteiger charge is -2.16. The van der Waals surface area contributed by atoms with Crippen molar-refractivity contribution >= 4 is 17.3 Å². The van der Waals surface area contributed by atoms with E-state index in [-0.39, 0.29) is 11.4 Å².